The van der Waals surface area contributed by atoms with E-state index in [0.717, 1.165) is 30.2 Å². The number of rotatable bonds is 3. The van der Waals surface area contributed by atoms with Gasteiger partial charge in [0.05, 0.1) is 0 Å². The van der Waals surface area contributed by atoms with Gasteiger partial charge < -0.3 is 5.32 Å². The van der Waals surface area contributed by atoms with Gasteiger partial charge in [-0.1, -0.05) is 0 Å². The van der Waals surface area contributed by atoms with E-state index in [9.17, 15) is 4.79 Å². The Kier molecular flexibility index (Phi) is 2.86. The zero-order chi connectivity index (χ0) is 13.7. The van der Waals surface area contributed by atoms with Gasteiger partial charge in [0, 0.05) is 18.8 Å². The van der Waals surface area contributed by atoms with Crippen LogP contribution in [0.5, 0.6) is 0 Å². The third-order valence-corrected chi connectivity index (χ3v) is 5.72. The van der Waals surface area contributed by atoms with Gasteiger partial charge in [-0.25, -0.2) is 0 Å². The molecule has 0 aliphatic heterocycles. The lowest BCUT2D eigenvalue weighted by Gasteiger charge is -2.54. The van der Waals surface area contributed by atoms with Crippen LogP contribution in [0.4, 0.5) is 0 Å². The van der Waals surface area contributed by atoms with E-state index < -0.39 is 0 Å². The number of amides is 1. The Morgan fingerprint density at radius 2 is 1.90 bits per heavy atom. The quantitative estimate of drug-likeness (QED) is 0.919. The molecule has 1 amide bonds. The monoisotopic (exact) mass is 273 g/mol. The molecular weight excluding hydrogens is 250 g/mol. The first kappa shape index (κ1) is 12.4. The highest BCUT2D eigenvalue weighted by molar-refractivity contribution is 5.92. The number of hydrogen-bond acceptors (Lipinski definition) is 2. The van der Waals surface area contributed by atoms with Crippen molar-refractivity contribution in [1.82, 2.24) is 15.1 Å². The minimum absolute atomic E-state index is 0.0228. The molecule has 20 heavy (non-hydrogen) atoms. The molecule has 4 aliphatic carbocycles. The summed E-state index contributed by atoms with van der Waals surface area (Å²) in [5.74, 6) is 3.37. The van der Waals surface area contributed by atoms with Gasteiger partial charge in [-0.2, -0.15) is 5.10 Å². The molecule has 1 aromatic rings. The van der Waals surface area contributed by atoms with E-state index >= 15 is 0 Å². The Hall–Kier alpha value is -1.32. The van der Waals surface area contributed by atoms with Gasteiger partial charge in [-0.05, 0) is 68.8 Å². The summed E-state index contributed by atoms with van der Waals surface area (Å²) in [6.07, 6.45) is 8.67. The fourth-order valence-electron chi connectivity index (χ4n) is 5.05. The molecule has 0 unspecified atom stereocenters. The molecule has 0 atom stereocenters. The van der Waals surface area contributed by atoms with Gasteiger partial charge in [-0.3, -0.25) is 9.48 Å². The molecule has 4 aliphatic rings. The van der Waals surface area contributed by atoms with Crippen LogP contribution in [0.1, 0.15) is 49.5 Å². The number of carbonyl (C=O) groups excluding carboxylic acids is 1. The molecule has 0 aromatic carbocycles. The summed E-state index contributed by atoms with van der Waals surface area (Å²) in [7, 11) is 0. The minimum Gasteiger partial charge on any atom is -0.347 e. The first-order valence-corrected chi connectivity index (χ1v) is 8.07. The Labute approximate surface area is 119 Å². The second-order valence-corrected chi connectivity index (χ2v) is 6.99. The van der Waals surface area contributed by atoms with Crippen molar-refractivity contribution in [3.8, 4) is 0 Å². The molecule has 1 aromatic heterocycles. The lowest BCUT2D eigenvalue weighted by molar-refractivity contribution is -0.0120. The maximum Gasteiger partial charge on any atom is 0.272 e. The predicted octanol–water partition coefficient (Wildman–Crippen LogP) is 2.46. The van der Waals surface area contributed by atoms with Gasteiger partial charge >= 0.3 is 0 Å². The molecule has 4 saturated carbocycles. The van der Waals surface area contributed by atoms with Crippen molar-refractivity contribution >= 4 is 5.91 Å². The Bertz CT molecular complexity index is 494. The van der Waals surface area contributed by atoms with Crippen LogP contribution in [-0.2, 0) is 6.54 Å². The van der Waals surface area contributed by atoms with Crippen LogP contribution in [0, 0.1) is 23.7 Å². The van der Waals surface area contributed by atoms with E-state index in [1.165, 1.54) is 32.1 Å². The molecule has 4 bridgehead atoms. The third-order valence-electron chi connectivity index (χ3n) is 5.72. The van der Waals surface area contributed by atoms with Gasteiger partial charge in [-0.15, -0.1) is 0 Å². The van der Waals surface area contributed by atoms with Crippen LogP contribution in [0.25, 0.3) is 0 Å². The van der Waals surface area contributed by atoms with Crippen molar-refractivity contribution in [2.45, 2.75) is 51.6 Å². The summed E-state index contributed by atoms with van der Waals surface area (Å²) >= 11 is 0. The zero-order valence-corrected chi connectivity index (χ0v) is 12.1. The Morgan fingerprint density at radius 1 is 1.25 bits per heavy atom. The maximum absolute atomic E-state index is 12.4. The summed E-state index contributed by atoms with van der Waals surface area (Å²) in [6.45, 7) is 2.85. The highest BCUT2D eigenvalue weighted by Crippen LogP contribution is 2.53. The van der Waals surface area contributed by atoms with Crippen LogP contribution >= 0.6 is 0 Å². The normalized spacial score (nSPS) is 38.1. The van der Waals surface area contributed by atoms with Gasteiger partial charge in [0.2, 0.25) is 0 Å². The lowest BCUT2D eigenvalue weighted by atomic mass is 9.54. The first-order chi connectivity index (χ1) is 9.72. The fraction of sp³-hybridized carbons (Fsp3) is 0.750. The number of nitrogens with one attached hydrogen (secondary N) is 1. The molecule has 5 rings (SSSR count). The average Bonchev–Trinajstić information content (AvgIpc) is 2.91. The van der Waals surface area contributed by atoms with Crippen LogP contribution in [-0.4, -0.2) is 21.7 Å². The SMILES string of the molecule is CCn1ccc(C(=O)NC2C3CC4CC(C3)CC2C4)n1. The van der Waals surface area contributed by atoms with E-state index in [2.05, 4.69) is 10.4 Å². The van der Waals surface area contributed by atoms with E-state index in [1.54, 1.807) is 0 Å². The number of aromatic nitrogens is 2. The zero-order valence-electron chi connectivity index (χ0n) is 12.1. The second kappa shape index (κ2) is 4.61. The van der Waals surface area contributed by atoms with Gasteiger partial charge in [0.15, 0.2) is 0 Å². The average molecular weight is 273 g/mol. The van der Waals surface area contributed by atoms with E-state index in [-0.39, 0.29) is 5.91 Å². The van der Waals surface area contributed by atoms with Crippen LogP contribution in [0.3, 0.4) is 0 Å². The Balaban J connectivity index is 1.47. The molecule has 0 spiro atoms. The molecular formula is C16H23N3O. The molecule has 4 fully saturated rings. The van der Waals surface area contributed by atoms with Crippen molar-refractivity contribution in [2.75, 3.05) is 0 Å². The summed E-state index contributed by atoms with van der Waals surface area (Å²) in [5, 5.41) is 7.62. The van der Waals surface area contributed by atoms with E-state index in [0.29, 0.717) is 11.7 Å². The minimum atomic E-state index is 0.0228. The highest BCUT2D eigenvalue weighted by atomic mass is 16.2. The van der Waals surface area contributed by atoms with Crippen LogP contribution in [0.2, 0.25) is 0 Å². The van der Waals surface area contributed by atoms with Crippen LogP contribution < -0.4 is 5.32 Å². The Morgan fingerprint density at radius 3 is 2.45 bits per heavy atom. The van der Waals surface area contributed by atoms with Crippen LogP contribution in [0.15, 0.2) is 12.3 Å². The smallest absolute Gasteiger partial charge is 0.272 e. The van der Waals surface area contributed by atoms with Gasteiger partial charge in [0.1, 0.15) is 5.69 Å². The summed E-state index contributed by atoms with van der Waals surface area (Å²) in [5.41, 5.74) is 0.570. The second-order valence-electron chi connectivity index (χ2n) is 6.99. The fourth-order valence-corrected chi connectivity index (χ4v) is 5.05. The molecule has 1 N–H and O–H groups in total. The standard InChI is InChI=1S/C16H23N3O/c1-2-19-4-3-14(18-19)16(20)17-15-12-6-10-5-11(8-12)9-13(15)7-10/h3-4,10-13,15H,2,5-9H2,1H3,(H,17,20). The van der Waals surface area contributed by atoms with E-state index in [1.807, 2.05) is 23.9 Å². The number of carbonyl (C=O) groups is 1. The molecule has 0 saturated heterocycles. The summed E-state index contributed by atoms with van der Waals surface area (Å²) in [4.78, 5) is 12.4. The van der Waals surface area contributed by atoms with Crippen molar-refractivity contribution in [1.29, 1.82) is 0 Å². The van der Waals surface area contributed by atoms with Gasteiger partial charge in [0.25, 0.3) is 5.91 Å². The van der Waals surface area contributed by atoms with E-state index in [4.69, 9.17) is 0 Å². The van der Waals surface area contributed by atoms with Crippen molar-refractivity contribution < 1.29 is 4.79 Å². The highest BCUT2D eigenvalue weighted by Gasteiger charge is 2.48. The predicted molar refractivity (Wildman–Crippen MR) is 76.2 cm³/mol. The number of aryl methyl sites for hydroxylation is 1. The number of hydrogen-bond donors (Lipinski definition) is 1. The molecule has 1 heterocycles. The lowest BCUT2D eigenvalue weighted by Crippen LogP contribution is -2.55. The first-order valence-electron chi connectivity index (χ1n) is 8.07. The third kappa shape index (κ3) is 1.97. The molecule has 4 nitrogen and oxygen atoms in total. The maximum atomic E-state index is 12.4. The number of nitrogens with zero attached hydrogens (tertiary/aromatic N) is 2. The molecule has 4 heteroatoms. The molecule has 0 radical (unpaired) electrons. The molecule has 108 valence electrons. The van der Waals surface area contributed by atoms with Crippen molar-refractivity contribution in [3.63, 3.8) is 0 Å². The summed E-state index contributed by atoms with van der Waals surface area (Å²) < 4.78 is 1.81. The van der Waals surface area contributed by atoms with Crippen molar-refractivity contribution in [2.24, 2.45) is 23.7 Å². The largest absolute Gasteiger partial charge is 0.347 e. The van der Waals surface area contributed by atoms with Crippen molar-refractivity contribution in [3.05, 3.63) is 18.0 Å². The topological polar surface area (TPSA) is 46.9 Å². The summed E-state index contributed by atoms with van der Waals surface area (Å²) in [6, 6.07) is 2.23.